The maximum atomic E-state index is 12.7. The molecule has 0 atom stereocenters. The van der Waals surface area contributed by atoms with Gasteiger partial charge in [0.1, 0.15) is 11.3 Å². The summed E-state index contributed by atoms with van der Waals surface area (Å²) < 4.78 is 13.0. The number of nitrogens with two attached hydrogens (primary N) is 1. The van der Waals surface area contributed by atoms with Crippen molar-refractivity contribution >= 4 is 22.7 Å². The largest absolute Gasteiger partial charge is 0.496 e. The molecule has 3 rings (SSSR count). The molecule has 0 saturated heterocycles. The summed E-state index contributed by atoms with van der Waals surface area (Å²) in [6.07, 6.45) is 1.65. The van der Waals surface area contributed by atoms with Crippen LogP contribution in [0.1, 0.15) is 16.1 Å². The number of imidazole rings is 1. The molecule has 0 saturated carbocycles. The highest BCUT2D eigenvalue weighted by molar-refractivity contribution is 6.06. The molecular formula is C17H18N4O4. The molecule has 0 aliphatic heterocycles. The Morgan fingerprint density at radius 3 is 2.68 bits per heavy atom. The third-order valence-electron chi connectivity index (χ3n) is 4.09. The average Bonchev–Trinajstić information content (AvgIpc) is 2.87. The van der Waals surface area contributed by atoms with E-state index in [1.165, 1.54) is 23.4 Å². The van der Waals surface area contributed by atoms with Gasteiger partial charge >= 0.3 is 11.7 Å². The number of benzene rings is 1. The van der Waals surface area contributed by atoms with Crippen molar-refractivity contribution in [3.8, 4) is 5.75 Å². The first-order valence-corrected chi connectivity index (χ1v) is 7.53. The van der Waals surface area contributed by atoms with Crippen LogP contribution in [-0.4, -0.2) is 34.3 Å². The Hall–Kier alpha value is -3.29. The SMILES string of the molecule is COC(=O)c1c(OC)cc2c(c1N)n(Cc1ccccn1)c(=O)n2C. The molecule has 0 amide bonds. The summed E-state index contributed by atoms with van der Waals surface area (Å²) in [5, 5.41) is 0. The van der Waals surface area contributed by atoms with Crippen LogP contribution in [0.25, 0.3) is 11.0 Å². The summed E-state index contributed by atoms with van der Waals surface area (Å²) >= 11 is 0. The molecule has 8 heteroatoms. The average molecular weight is 342 g/mol. The fourth-order valence-electron chi connectivity index (χ4n) is 2.85. The van der Waals surface area contributed by atoms with Gasteiger partial charge in [-0.3, -0.25) is 14.1 Å². The number of carbonyl (C=O) groups is 1. The number of hydrogen-bond acceptors (Lipinski definition) is 6. The van der Waals surface area contributed by atoms with E-state index in [-0.39, 0.29) is 29.2 Å². The summed E-state index contributed by atoms with van der Waals surface area (Å²) in [6.45, 7) is 0.230. The zero-order chi connectivity index (χ0) is 18.1. The molecule has 0 radical (unpaired) electrons. The van der Waals surface area contributed by atoms with E-state index in [0.29, 0.717) is 16.7 Å². The van der Waals surface area contributed by atoms with E-state index in [4.69, 9.17) is 15.2 Å². The van der Waals surface area contributed by atoms with Crippen molar-refractivity contribution < 1.29 is 14.3 Å². The van der Waals surface area contributed by atoms with E-state index >= 15 is 0 Å². The van der Waals surface area contributed by atoms with Gasteiger partial charge in [-0.2, -0.15) is 0 Å². The summed E-state index contributed by atoms with van der Waals surface area (Å²) in [5.74, 6) is -0.376. The zero-order valence-corrected chi connectivity index (χ0v) is 14.1. The van der Waals surface area contributed by atoms with Crippen LogP contribution in [-0.2, 0) is 18.3 Å². The Morgan fingerprint density at radius 2 is 2.08 bits per heavy atom. The van der Waals surface area contributed by atoms with Gasteiger partial charge in [0, 0.05) is 19.3 Å². The molecule has 0 aliphatic carbocycles. The smallest absolute Gasteiger partial charge is 0.343 e. The summed E-state index contributed by atoms with van der Waals surface area (Å²) in [5.41, 5.74) is 7.90. The normalized spacial score (nSPS) is 10.8. The van der Waals surface area contributed by atoms with Crippen molar-refractivity contribution in [2.24, 2.45) is 7.05 Å². The van der Waals surface area contributed by atoms with Crippen LogP contribution in [0.4, 0.5) is 5.69 Å². The monoisotopic (exact) mass is 342 g/mol. The van der Waals surface area contributed by atoms with Gasteiger partial charge in [0.05, 0.1) is 43.2 Å². The van der Waals surface area contributed by atoms with Crippen LogP contribution in [0.3, 0.4) is 0 Å². The Balaban J connectivity index is 2.33. The van der Waals surface area contributed by atoms with Crippen molar-refractivity contribution in [1.29, 1.82) is 0 Å². The number of fused-ring (bicyclic) bond motifs is 1. The van der Waals surface area contributed by atoms with E-state index in [1.54, 1.807) is 25.4 Å². The number of nitrogens with zero attached hydrogens (tertiary/aromatic N) is 3. The van der Waals surface area contributed by atoms with Gasteiger partial charge < -0.3 is 15.2 Å². The molecule has 2 heterocycles. The van der Waals surface area contributed by atoms with Crippen LogP contribution >= 0.6 is 0 Å². The van der Waals surface area contributed by atoms with Gasteiger partial charge in [-0.05, 0) is 12.1 Å². The number of anilines is 1. The third-order valence-corrected chi connectivity index (χ3v) is 4.09. The molecule has 0 fully saturated rings. The Morgan fingerprint density at radius 1 is 1.32 bits per heavy atom. The van der Waals surface area contributed by atoms with Crippen molar-refractivity contribution in [2.75, 3.05) is 20.0 Å². The lowest BCUT2D eigenvalue weighted by Gasteiger charge is -2.12. The van der Waals surface area contributed by atoms with Gasteiger partial charge in [0.15, 0.2) is 0 Å². The van der Waals surface area contributed by atoms with Crippen LogP contribution in [0.5, 0.6) is 5.75 Å². The fourth-order valence-corrected chi connectivity index (χ4v) is 2.85. The lowest BCUT2D eigenvalue weighted by molar-refractivity contribution is 0.0598. The predicted octanol–water partition coefficient (Wildman–Crippen LogP) is 1.16. The fraction of sp³-hybridized carbons (Fsp3) is 0.235. The molecule has 8 nitrogen and oxygen atoms in total. The van der Waals surface area contributed by atoms with Gasteiger partial charge in [-0.25, -0.2) is 9.59 Å². The maximum absolute atomic E-state index is 12.7. The number of esters is 1. The number of aromatic nitrogens is 3. The number of carbonyl (C=O) groups excluding carboxylic acids is 1. The number of nitrogen functional groups attached to an aromatic ring is 1. The van der Waals surface area contributed by atoms with Crippen LogP contribution in [0.15, 0.2) is 35.3 Å². The maximum Gasteiger partial charge on any atom is 0.343 e. The van der Waals surface area contributed by atoms with E-state index < -0.39 is 5.97 Å². The first-order chi connectivity index (χ1) is 12.0. The third kappa shape index (κ3) is 2.61. The van der Waals surface area contributed by atoms with E-state index in [1.807, 2.05) is 12.1 Å². The summed E-state index contributed by atoms with van der Waals surface area (Å²) in [6, 6.07) is 7.05. The highest BCUT2D eigenvalue weighted by atomic mass is 16.5. The van der Waals surface area contributed by atoms with Gasteiger partial charge in [-0.1, -0.05) is 6.07 Å². The Labute approximate surface area is 143 Å². The second kappa shape index (κ2) is 6.31. The predicted molar refractivity (Wildman–Crippen MR) is 92.8 cm³/mol. The minimum absolute atomic E-state index is 0.0953. The van der Waals surface area contributed by atoms with Crippen LogP contribution < -0.4 is 16.2 Å². The van der Waals surface area contributed by atoms with Crippen LogP contribution in [0.2, 0.25) is 0 Å². The van der Waals surface area contributed by atoms with Crippen molar-refractivity contribution in [1.82, 2.24) is 14.1 Å². The van der Waals surface area contributed by atoms with E-state index in [9.17, 15) is 9.59 Å². The molecule has 2 aromatic heterocycles. The molecule has 25 heavy (non-hydrogen) atoms. The second-order valence-corrected chi connectivity index (χ2v) is 5.48. The minimum atomic E-state index is -0.628. The molecule has 3 aromatic rings. The molecule has 0 bridgehead atoms. The molecule has 0 aliphatic rings. The van der Waals surface area contributed by atoms with E-state index in [2.05, 4.69) is 4.98 Å². The van der Waals surface area contributed by atoms with Gasteiger partial charge in [0.2, 0.25) is 0 Å². The number of pyridine rings is 1. The lowest BCUT2D eigenvalue weighted by Crippen LogP contribution is -2.23. The number of ether oxygens (including phenoxy) is 2. The van der Waals surface area contributed by atoms with Crippen molar-refractivity contribution in [3.63, 3.8) is 0 Å². The number of rotatable bonds is 4. The molecule has 1 aromatic carbocycles. The number of hydrogen-bond donors (Lipinski definition) is 1. The molecule has 0 unspecified atom stereocenters. The van der Waals surface area contributed by atoms with Crippen molar-refractivity contribution in [3.05, 3.63) is 52.2 Å². The highest BCUT2D eigenvalue weighted by Gasteiger charge is 2.24. The topological polar surface area (TPSA) is 101 Å². The van der Waals surface area contributed by atoms with Crippen LogP contribution in [0, 0.1) is 0 Å². The number of aryl methyl sites for hydroxylation is 1. The Kier molecular flexibility index (Phi) is 4.18. The summed E-state index contributed by atoms with van der Waals surface area (Å²) in [4.78, 5) is 29.1. The zero-order valence-electron chi connectivity index (χ0n) is 14.1. The van der Waals surface area contributed by atoms with E-state index in [0.717, 1.165) is 0 Å². The standard InChI is InChI=1S/C17H18N4O4/c1-20-11-8-12(24-2)13(16(22)25-3)14(18)15(11)21(17(20)23)9-10-6-4-5-7-19-10/h4-8H,9,18H2,1-3H3. The first kappa shape index (κ1) is 16.6. The second-order valence-electron chi connectivity index (χ2n) is 5.48. The summed E-state index contributed by atoms with van der Waals surface area (Å²) in [7, 11) is 4.32. The lowest BCUT2D eigenvalue weighted by atomic mass is 10.1. The Bertz CT molecular complexity index is 1010. The minimum Gasteiger partial charge on any atom is -0.496 e. The molecular weight excluding hydrogens is 324 g/mol. The highest BCUT2D eigenvalue weighted by Crippen LogP contribution is 2.33. The van der Waals surface area contributed by atoms with Gasteiger partial charge in [-0.15, -0.1) is 0 Å². The van der Waals surface area contributed by atoms with Gasteiger partial charge in [0.25, 0.3) is 0 Å². The quantitative estimate of drug-likeness (QED) is 0.564. The molecule has 2 N–H and O–H groups in total. The molecule has 0 spiro atoms. The molecule has 130 valence electrons. The first-order valence-electron chi connectivity index (χ1n) is 7.53. The van der Waals surface area contributed by atoms with Crippen molar-refractivity contribution in [2.45, 2.75) is 6.54 Å². The number of methoxy groups -OCH3 is 2.